The minimum atomic E-state index is -0.618. The first-order chi connectivity index (χ1) is 14.0. The fourth-order valence-corrected chi connectivity index (χ4v) is 4.44. The number of fused-ring (bicyclic) bond motifs is 1. The lowest BCUT2D eigenvalue weighted by Crippen LogP contribution is -2.16. The molecular weight excluding hydrogens is 412 g/mol. The number of hydrogen-bond donors (Lipinski definition) is 1. The first kappa shape index (κ1) is 20.9. The van der Waals surface area contributed by atoms with Crippen molar-refractivity contribution in [3.8, 4) is 0 Å². The molecule has 0 atom stereocenters. The number of benzene rings is 2. The van der Waals surface area contributed by atoms with Crippen molar-refractivity contribution in [2.24, 2.45) is 4.99 Å². The van der Waals surface area contributed by atoms with E-state index in [2.05, 4.69) is 10.3 Å². The molecule has 0 saturated carbocycles. The third-order valence-electron chi connectivity index (χ3n) is 3.94. The summed E-state index contributed by atoms with van der Waals surface area (Å²) in [6.45, 7) is 0. The van der Waals surface area contributed by atoms with Crippen molar-refractivity contribution in [1.29, 1.82) is 0 Å². The average Bonchev–Trinajstić information content (AvgIpc) is 2.76. The highest BCUT2D eigenvalue weighted by molar-refractivity contribution is 8.38. The van der Waals surface area contributed by atoms with Gasteiger partial charge in [0.15, 0.2) is 0 Å². The van der Waals surface area contributed by atoms with Gasteiger partial charge in [-0.1, -0.05) is 41.7 Å². The zero-order chi connectivity index (χ0) is 20.8. The van der Waals surface area contributed by atoms with E-state index in [-0.39, 0.29) is 22.8 Å². The third-order valence-corrected chi connectivity index (χ3v) is 6.19. The maximum Gasteiger partial charge on any atom is 0.337 e. The molecule has 0 aliphatic carbocycles. The monoisotopic (exact) mass is 430 g/mol. The number of esters is 2. The lowest BCUT2D eigenvalue weighted by atomic mass is 10.1. The van der Waals surface area contributed by atoms with Crippen LogP contribution >= 0.6 is 23.5 Å². The standard InChI is InChI=1S/C20H18N2O5S2/c1-26-18(24)13-7-14(19(25)27-2)9-15(8-13)21-17(23)11-29-20-22-16-6-4-3-5-12(16)10-28-20/h3-9H,10-11H2,1-2H3,(H,21,23). The fourth-order valence-electron chi connectivity index (χ4n) is 2.58. The van der Waals surface area contributed by atoms with E-state index in [1.165, 1.54) is 49.7 Å². The van der Waals surface area contributed by atoms with Gasteiger partial charge in [-0.15, -0.1) is 0 Å². The molecule has 0 fully saturated rings. The van der Waals surface area contributed by atoms with Gasteiger partial charge in [0.05, 0.1) is 36.8 Å². The van der Waals surface area contributed by atoms with E-state index in [1.54, 1.807) is 11.8 Å². The molecule has 7 nitrogen and oxygen atoms in total. The van der Waals surface area contributed by atoms with Gasteiger partial charge in [0.1, 0.15) is 4.38 Å². The van der Waals surface area contributed by atoms with Crippen molar-refractivity contribution in [1.82, 2.24) is 0 Å². The van der Waals surface area contributed by atoms with Crippen LogP contribution in [0.25, 0.3) is 0 Å². The molecule has 0 unspecified atom stereocenters. The lowest BCUT2D eigenvalue weighted by Gasteiger charge is -2.14. The first-order valence-electron chi connectivity index (χ1n) is 8.54. The van der Waals surface area contributed by atoms with Gasteiger partial charge in [-0.25, -0.2) is 14.6 Å². The average molecular weight is 431 g/mol. The summed E-state index contributed by atoms with van der Waals surface area (Å²) >= 11 is 2.92. The number of nitrogens with one attached hydrogen (secondary N) is 1. The van der Waals surface area contributed by atoms with E-state index in [4.69, 9.17) is 9.47 Å². The van der Waals surface area contributed by atoms with Gasteiger partial charge >= 0.3 is 11.9 Å². The van der Waals surface area contributed by atoms with Gasteiger partial charge in [0, 0.05) is 11.4 Å². The number of thioether (sulfide) groups is 2. The Morgan fingerprint density at radius 1 is 1.07 bits per heavy atom. The van der Waals surface area contributed by atoms with E-state index in [0.29, 0.717) is 5.69 Å². The van der Waals surface area contributed by atoms with Gasteiger partial charge in [-0.2, -0.15) is 0 Å². The number of carbonyl (C=O) groups is 3. The molecule has 0 aromatic heterocycles. The summed E-state index contributed by atoms with van der Waals surface area (Å²) in [4.78, 5) is 40.6. The molecule has 1 aliphatic heterocycles. The summed E-state index contributed by atoms with van der Waals surface area (Å²) in [5.41, 5.74) is 2.68. The number of aliphatic imine (C=N–C) groups is 1. The number of rotatable bonds is 5. The van der Waals surface area contributed by atoms with Crippen molar-refractivity contribution in [2.75, 3.05) is 25.3 Å². The van der Waals surface area contributed by atoms with E-state index in [9.17, 15) is 14.4 Å². The summed E-state index contributed by atoms with van der Waals surface area (Å²) in [5.74, 6) is -0.563. The minimum absolute atomic E-state index is 0.141. The van der Waals surface area contributed by atoms with Crippen LogP contribution in [0.15, 0.2) is 47.5 Å². The van der Waals surface area contributed by atoms with Crippen LogP contribution in [-0.4, -0.2) is 42.2 Å². The van der Waals surface area contributed by atoms with Crippen LogP contribution in [-0.2, 0) is 20.0 Å². The predicted molar refractivity (Wildman–Crippen MR) is 115 cm³/mol. The maximum atomic E-state index is 12.4. The Hall–Kier alpha value is -2.78. The lowest BCUT2D eigenvalue weighted by molar-refractivity contribution is -0.113. The van der Waals surface area contributed by atoms with Gasteiger partial charge in [-0.3, -0.25) is 4.79 Å². The quantitative estimate of drug-likeness (QED) is 0.720. The van der Waals surface area contributed by atoms with Crippen molar-refractivity contribution in [3.05, 3.63) is 59.2 Å². The Morgan fingerprint density at radius 2 is 1.72 bits per heavy atom. The van der Waals surface area contributed by atoms with E-state index < -0.39 is 11.9 Å². The zero-order valence-corrected chi connectivity index (χ0v) is 17.4. The topological polar surface area (TPSA) is 94.1 Å². The highest BCUT2D eigenvalue weighted by Gasteiger charge is 2.17. The molecule has 0 bridgehead atoms. The van der Waals surface area contributed by atoms with Crippen LogP contribution in [0.2, 0.25) is 0 Å². The Kier molecular flexibility index (Phi) is 6.95. The highest BCUT2D eigenvalue weighted by atomic mass is 32.2. The van der Waals surface area contributed by atoms with Crippen molar-refractivity contribution in [3.63, 3.8) is 0 Å². The van der Waals surface area contributed by atoms with E-state index >= 15 is 0 Å². The molecule has 29 heavy (non-hydrogen) atoms. The van der Waals surface area contributed by atoms with Crippen LogP contribution < -0.4 is 5.32 Å². The fraction of sp³-hybridized carbons (Fsp3) is 0.200. The number of ether oxygens (including phenoxy) is 2. The number of carbonyl (C=O) groups excluding carboxylic acids is 3. The van der Waals surface area contributed by atoms with Crippen LogP contribution in [0.1, 0.15) is 26.3 Å². The Bertz CT molecular complexity index is 956. The Labute approximate surface area is 176 Å². The highest BCUT2D eigenvalue weighted by Crippen LogP contribution is 2.34. The molecule has 3 rings (SSSR count). The first-order valence-corrected chi connectivity index (χ1v) is 10.5. The molecule has 0 spiro atoms. The maximum absolute atomic E-state index is 12.4. The molecule has 0 radical (unpaired) electrons. The number of hydrogen-bond acceptors (Lipinski definition) is 8. The second kappa shape index (κ2) is 9.62. The van der Waals surface area contributed by atoms with Gasteiger partial charge < -0.3 is 14.8 Å². The zero-order valence-electron chi connectivity index (χ0n) is 15.8. The summed E-state index contributed by atoms with van der Waals surface area (Å²) < 4.78 is 10.2. The second-order valence-electron chi connectivity index (χ2n) is 5.91. The second-order valence-corrected chi connectivity index (χ2v) is 8.10. The molecule has 2 aromatic carbocycles. The predicted octanol–water partition coefficient (Wildman–Crippen LogP) is 3.87. The summed E-state index contributed by atoms with van der Waals surface area (Å²) in [5, 5.41) is 2.70. The van der Waals surface area contributed by atoms with E-state index in [0.717, 1.165) is 15.8 Å². The molecule has 1 aliphatic rings. The normalized spacial score (nSPS) is 12.4. The van der Waals surface area contributed by atoms with Crippen LogP contribution in [0, 0.1) is 0 Å². The van der Waals surface area contributed by atoms with E-state index in [1.807, 2.05) is 24.3 Å². The van der Waals surface area contributed by atoms with Crippen molar-refractivity contribution < 1.29 is 23.9 Å². The molecule has 150 valence electrons. The number of nitrogens with zero attached hydrogens (tertiary/aromatic N) is 1. The van der Waals surface area contributed by atoms with Gasteiger partial charge in [0.2, 0.25) is 5.91 Å². The largest absolute Gasteiger partial charge is 0.465 e. The summed E-state index contributed by atoms with van der Waals surface area (Å²) in [7, 11) is 2.48. The molecular formula is C20H18N2O5S2. The molecule has 9 heteroatoms. The third kappa shape index (κ3) is 5.39. The smallest absolute Gasteiger partial charge is 0.337 e. The van der Waals surface area contributed by atoms with Crippen molar-refractivity contribution in [2.45, 2.75) is 5.75 Å². The molecule has 1 heterocycles. The van der Waals surface area contributed by atoms with Gasteiger partial charge in [0.25, 0.3) is 0 Å². The molecule has 1 N–H and O–H groups in total. The van der Waals surface area contributed by atoms with Crippen molar-refractivity contribution >= 4 is 57.1 Å². The summed E-state index contributed by atoms with van der Waals surface area (Å²) in [6, 6.07) is 12.1. The number of methoxy groups -OCH3 is 2. The minimum Gasteiger partial charge on any atom is -0.465 e. The number of amides is 1. The number of anilines is 1. The molecule has 0 saturated heterocycles. The van der Waals surface area contributed by atoms with Crippen LogP contribution in [0.4, 0.5) is 11.4 Å². The molecule has 2 aromatic rings. The van der Waals surface area contributed by atoms with Crippen LogP contribution in [0.3, 0.4) is 0 Å². The number of para-hydroxylation sites is 1. The summed E-state index contributed by atoms with van der Waals surface area (Å²) in [6.07, 6.45) is 0. The Morgan fingerprint density at radius 3 is 2.38 bits per heavy atom. The molecule has 1 amide bonds. The van der Waals surface area contributed by atoms with Gasteiger partial charge in [-0.05, 0) is 29.8 Å². The van der Waals surface area contributed by atoms with Crippen LogP contribution in [0.5, 0.6) is 0 Å². The Balaban J connectivity index is 1.68. The SMILES string of the molecule is COC(=O)c1cc(NC(=O)CSC2=Nc3ccccc3CS2)cc(C(=O)OC)c1.